The smallest absolute Gasteiger partial charge is 0.223 e. The van der Waals surface area contributed by atoms with E-state index in [0.29, 0.717) is 19.5 Å². The minimum Gasteiger partial charge on any atom is -0.331 e. The van der Waals surface area contributed by atoms with Crippen LogP contribution in [0.3, 0.4) is 0 Å². The predicted octanol–water partition coefficient (Wildman–Crippen LogP) is 4.13. The molecule has 3 rings (SSSR count). The maximum Gasteiger partial charge on any atom is 0.223 e. The van der Waals surface area contributed by atoms with Crippen LogP contribution in [0.4, 0.5) is 0 Å². The Bertz CT molecular complexity index is 691. The Kier molecular flexibility index (Phi) is 6.67. The standard InChI is InChI=1S/C19H21ClN2O.ClH/c20-17-9-8-15-12-18(14-5-2-1-3-6-14)22(13-16(15)11-17)19(23)7-4-10-21;/h1-3,5-6,8-9,11,18H,4,7,10,12-13,21H2;1H. The third kappa shape index (κ3) is 4.10. The van der Waals surface area contributed by atoms with Gasteiger partial charge in [-0.1, -0.05) is 48.0 Å². The van der Waals surface area contributed by atoms with Crippen LogP contribution in [0.15, 0.2) is 48.5 Å². The maximum absolute atomic E-state index is 12.7. The van der Waals surface area contributed by atoms with E-state index < -0.39 is 0 Å². The fraction of sp³-hybridized carbons (Fsp3) is 0.316. The van der Waals surface area contributed by atoms with Crippen LogP contribution in [0.2, 0.25) is 5.02 Å². The molecule has 24 heavy (non-hydrogen) atoms. The average Bonchev–Trinajstić information content (AvgIpc) is 2.59. The highest BCUT2D eigenvalue weighted by molar-refractivity contribution is 6.30. The molecule has 1 aliphatic heterocycles. The van der Waals surface area contributed by atoms with E-state index in [9.17, 15) is 4.79 Å². The second-order valence-electron chi connectivity index (χ2n) is 5.96. The van der Waals surface area contributed by atoms with Crippen molar-refractivity contribution in [1.82, 2.24) is 4.90 Å². The van der Waals surface area contributed by atoms with Crippen LogP contribution >= 0.6 is 24.0 Å². The lowest BCUT2D eigenvalue weighted by molar-refractivity contribution is -0.135. The van der Waals surface area contributed by atoms with Gasteiger partial charge in [-0.15, -0.1) is 12.4 Å². The van der Waals surface area contributed by atoms with Gasteiger partial charge in [0.15, 0.2) is 0 Å². The van der Waals surface area contributed by atoms with Crippen LogP contribution in [0.5, 0.6) is 0 Å². The summed E-state index contributed by atoms with van der Waals surface area (Å²) in [4.78, 5) is 14.6. The first-order chi connectivity index (χ1) is 11.2. The SMILES string of the molecule is Cl.NCCCC(=O)N1Cc2cc(Cl)ccc2CC1c1ccccc1. The number of benzene rings is 2. The molecule has 1 amide bonds. The Morgan fingerprint density at radius 2 is 1.92 bits per heavy atom. The molecular formula is C19H22Cl2N2O. The first kappa shape index (κ1) is 18.8. The van der Waals surface area contributed by atoms with Gasteiger partial charge in [0, 0.05) is 18.0 Å². The van der Waals surface area contributed by atoms with E-state index in [4.69, 9.17) is 17.3 Å². The molecule has 2 aromatic rings. The Balaban J connectivity index is 0.00000208. The first-order valence-corrected chi connectivity index (χ1v) is 8.38. The minimum atomic E-state index is 0. The van der Waals surface area contributed by atoms with Gasteiger partial charge in [0.1, 0.15) is 0 Å². The Hall–Kier alpha value is -1.55. The van der Waals surface area contributed by atoms with Crippen molar-refractivity contribution in [2.24, 2.45) is 5.73 Å². The van der Waals surface area contributed by atoms with Gasteiger partial charge >= 0.3 is 0 Å². The van der Waals surface area contributed by atoms with Gasteiger partial charge in [0.05, 0.1) is 6.04 Å². The third-order valence-corrected chi connectivity index (χ3v) is 4.63. The fourth-order valence-electron chi connectivity index (χ4n) is 3.18. The molecule has 0 spiro atoms. The molecule has 0 bridgehead atoms. The van der Waals surface area contributed by atoms with Crippen molar-refractivity contribution in [2.45, 2.75) is 31.8 Å². The highest BCUT2D eigenvalue weighted by atomic mass is 35.5. The van der Waals surface area contributed by atoms with Crippen LogP contribution in [-0.2, 0) is 17.8 Å². The van der Waals surface area contributed by atoms with Crippen LogP contribution in [0, 0.1) is 0 Å². The van der Waals surface area contributed by atoms with Crippen LogP contribution < -0.4 is 5.73 Å². The zero-order valence-corrected chi connectivity index (χ0v) is 15.0. The van der Waals surface area contributed by atoms with E-state index >= 15 is 0 Å². The molecule has 3 nitrogen and oxygen atoms in total. The summed E-state index contributed by atoms with van der Waals surface area (Å²) in [5, 5.41) is 0.719. The highest BCUT2D eigenvalue weighted by Gasteiger charge is 2.30. The number of amides is 1. The number of hydrogen-bond donors (Lipinski definition) is 1. The zero-order chi connectivity index (χ0) is 16.2. The van der Waals surface area contributed by atoms with E-state index in [1.807, 2.05) is 35.2 Å². The molecule has 2 N–H and O–H groups in total. The van der Waals surface area contributed by atoms with E-state index in [1.54, 1.807) is 0 Å². The third-order valence-electron chi connectivity index (χ3n) is 4.40. The molecule has 1 heterocycles. The number of hydrogen-bond acceptors (Lipinski definition) is 2. The molecule has 0 saturated carbocycles. The molecule has 0 fully saturated rings. The number of fused-ring (bicyclic) bond motifs is 1. The van der Waals surface area contributed by atoms with Crippen molar-refractivity contribution in [3.63, 3.8) is 0 Å². The van der Waals surface area contributed by atoms with Gasteiger partial charge in [0.2, 0.25) is 5.91 Å². The molecule has 0 aliphatic carbocycles. The summed E-state index contributed by atoms with van der Waals surface area (Å²) in [5.41, 5.74) is 9.15. The van der Waals surface area contributed by atoms with Crippen molar-refractivity contribution < 1.29 is 4.79 Å². The number of rotatable bonds is 4. The maximum atomic E-state index is 12.7. The van der Waals surface area contributed by atoms with E-state index in [2.05, 4.69) is 18.2 Å². The molecule has 1 atom stereocenters. The number of nitrogens with two attached hydrogens (primary N) is 1. The van der Waals surface area contributed by atoms with Gasteiger partial charge in [-0.3, -0.25) is 4.79 Å². The van der Waals surface area contributed by atoms with Gasteiger partial charge in [-0.2, -0.15) is 0 Å². The normalized spacial score (nSPS) is 16.2. The number of nitrogens with zero attached hydrogens (tertiary/aromatic N) is 1. The molecule has 1 aliphatic rings. The molecule has 0 saturated heterocycles. The number of carbonyl (C=O) groups is 1. The Morgan fingerprint density at radius 3 is 2.62 bits per heavy atom. The highest BCUT2D eigenvalue weighted by Crippen LogP contribution is 2.34. The predicted molar refractivity (Wildman–Crippen MR) is 100 cm³/mol. The van der Waals surface area contributed by atoms with E-state index in [0.717, 1.165) is 23.4 Å². The summed E-state index contributed by atoms with van der Waals surface area (Å²) in [5.74, 6) is 0.162. The van der Waals surface area contributed by atoms with E-state index in [-0.39, 0.29) is 24.4 Å². The summed E-state index contributed by atoms with van der Waals surface area (Å²) in [7, 11) is 0. The topological polar surface area (TPSA) is 46.3 Å². The molecule has 2 aromatic carbocycles. The van der Waals surface area contributed by atoms with Crippen molar-refractivity contribution in [3.05, 3.63) is 70.2 Å². The van der Waals surface area contributed by atoms with Crippen molar-refractivity contribution in [3.8, 4) is 0 Å². The lowest BCUT2D eigenvalue weighted by Gasteiger charge is -2.37. The van der Waals surface area contributed by atoms with Crippen molar-refractivity contribution in [1.29, 1.82) is 0 Å². The molecule has 0 radical (unpaired) electrons. The summed E-state index contributed by atoms with van der Waals surface area (Å²) in [6.07, 6.45) is 2.04. The summed E-state index contributed by atoms with van der Waals surface area (Å²) < 4.78 is 0. The van der Waals surface area contributed by atoms with Crippen molar-refractivity contribution >= 4 is 29.9 Å². The van der Waals surface area contributed by atoms with Crippen LogP contribution in [-0.4, -0.2) is 17.4 Å². The van der Waals surface area contributed by atoms with Gasteiger partial charge in [-0.25, -0.2) is 0 Å². The van der Waals surface area contributed by atoms with Crippen LogP contribution in [0.1, 0.15) is 35.6 Å². The largest absolute Gasteiger partial charge is 0.331 e. The second kappa shape index (κ2) is 8.52. The lowest BCUT2D eigenvalue weighted by atomic mass is 9.89. The first-order valence-electron chi connectivity index (χ1n) is 8.01. The Morgan fingerprint density at radius 1 is 1.17 bits per heavy atom. The molecule has 1 unspecified atom stereocenters. The minimum absolute atomic E-state index is 0. The lowest BCUT2D eigenvalue weighted by Crippen LogP contribution is -2.39. The summed E-state index contributed by atoms with van der Waals surface area (Å²) >= 11 is 6.12. The molecule has 5 heteroatoms. The monoisotopic (exact) mass is 364 g/mol. The molecule has 128 valence electrons. The average molecular weight is 365 g/mol. The zero-order valence-electron chi connectivity index (χ0n) is 13.5. The quantitative estimate of drug-likeness (QED) is 0.886. The number of halogens is 2. The molecular weight excluding hydrogens is 343 g/mol. The van der Waals surface area contributed by atoms with Gasteiger partial charge < -0.3 is 10.6 Å². The Labute approximate surface area is 154 Å². The summed E-state index contributed by atoms with van der Waals surface area (Å²) in [6.45, 7) is 1.15. The van der Waals surface area contributed by atoms with Gasteiger partial charge in [0.25, 0.3) is 0 Å². The van der Waals surface area contributed by atoms with Crippen LogP contribution in [0.25, 0.3) is 0 Å². The van der Waals surface area contributed by atoms with Gasteiger partial charge in [-0.05, 0) is 48.2 Å². The number of carbonyl (C=O) groups excluding carboxylic acids is 1. The molecule has 0 aromatic heterocycles. The fourth-order valence-corrected chi connectivity index (χ4v) is 3.38. The van der Waals surface area contributed by atoms with E-state index in [1.165, 1.54) is 11.1 Å². The summed E-state index contributed by atoms with van der Waals surface area (Å²) in [6, 6.07) is 16.3. The van der Waals surface area contributed by atoms with Crippen molar-refractivity contribution in [2.75, 3.05) is 6.54 Å². The second-order valence-corrected chi connectivity index (χ2v) is 6.39.